The lowest BCUT2D eigenvalue weighted by atomic mass is 10.1. The molecule has 1 fully saturated rings. The number of carbonyl (C=O) groups is 1. The van der Waals surface area contributed by atoms with Gasteiger partial charge in [0.1, 0.15) is 11.4 Å². The third-order valence-electron chi connectivity index (χ3n) is 4.88. The Balaban J connectivity index is 1.63. The van der Waals surface area contributed by atoms with Gasteiger partial charge in [0.2, 0.25) is 5.91 Å². The van der Waals surface area contributed by atoms with Gasteiger partial charge in [0.05, 0.1) is 18.2 Å². The minimum Gasteiger partial charge on any atom is -0.334 e. The van der Waals surface area contributed by atoms with Crippen molar-refractivity contribution in [3.63, 3.8) is 0 Å². The van der Waals surface area contributed by atoms with Crippen molar-refractivity contribution in [1.82, 2.24) is 29.8 Å². The zero-order valence-electron chi connectivity index (χ0n) is 14.7. The van der Waals surface area contributed by atoms with Gasteiger partial charge >= 0.3 is 0 Å². The number of nitrogens with one attached hydrogen (secondary N) is 1. The predicted molar refractivity (Wildman–Crippen MR) is 91.6 cm³/mol. The lowest BCUT2D eigenvalue weighted by Gasteiger charge is -2.23. The number of aryl methyl sites for hydroxylation is 2. The summed E-state index contributed by atoms with van der Waals surface area (Å²) in [7, 11) is 0. The van der Waals surface area contributed by atoms with E-state index >= 15 is 0 Å². The van der Waals surface area contributed by atoms with Crippen molar-refractivity contribution < 1.29 is 9.42 Å². The van der Waals surface area contributed by atoms with Crippen molar-refractivity contribution in [2.75, 3.05) is 6.54 Å². The highest BCUT2D eigenvalue weighted by Gasteiger charge is 2.32. The SMILES string of the molecule is CCc1cc(=O)n2[nH]c([C@@H]3CCCN3C(=O)Cc3nonc3C)cc2n1. The molecule has 1 saturated heterocycles. The van der Waals surface area contributed by atoms with E-state index in [2.05, 4.69) is 25.0 Å². The summed E-state index contributed by atoms with van der Waals surface area (Å²) < 4.78 is 6.10. The number of aromatic amines is 1. The van der Waals surface area contributed by atoms with Crippen LogP contribution in [-0.4, -0.2) is 42.3 Å². The second-order valence-corrected chi connectivity index (χ2v) is 6.56. The van der Waals surface area contributed by atoms with Gasteiger partial charge in [-0.05, 0) is 26.2 Å². The molecule has 0 saturated carbocycles. The Morgan fingerprint density at radius 3 is 2.96 bits per heavy atom. The van der Waals surface area contributed by atoms with Crippen LogP contribution in [0.2, 0.25) is 0 Å². The van der Waals surface area contributed by atoms with E-state index < -0.39 is 0 Å². The Labute approximate surface area is 149 Å². The first kappa shape index (κ1) is 16.5. The van der Waals surface area contributed by atoms with Gasteiger partial charge in [0.25, 0.3) is 5.56 Å². The summed E-state index contributed by atoms with van der Waals surface area (Å²) in [5.74, 6) is -0.0282. The number of fused-ring (bicyclic) bond motifs is 1. The summed E-state index contributed by atoms with van der Waals surface area (Å²) in [5.41, 5.74) is 3.21. The average Bonchev–Trinajstić information content (AvgIpc) is 3.34. The highest BCUT2D eigenvalue weighted by atomic mass is 16.6. The highest BCUT2D eigenvalue weighted by molar-refractivity contribution is 5.79. The van der Waals surface area contributed by atoms with Crippen LogP contribution < -0.4 is 5.56 Å². The van der Waals surface area contributed by atoms with Crippen LogP contribution in [0.1, 0.15) is 48.6 Å². The van der Waals surface area contributed by atoms with E-state index in [0.29, 0.717) is 30.0 Å². The minimum atomic E-state index is -0.140. The molecule has 0 spiro atoms. The summed E-state index contributed by atoms with van der Waals surface area (Å²) in [6.07, 6.45) is 2.60. The molecule has 0 radical (unpaired) electrons. The van der Waals surface area contributed by atoms with Gasteiger partial charge in [0, 0.05) is 24.4 Å². The van der Waals surface area contributed by atoms with E-state index in [1.54, 1.807) is 6.92 Å². The lowest BCUT2D eigenvalue weighted by molar-refractivity contribution is -0.131. The van der Waals surface area contributed by atoms with Gasteiger partial charge in [-0.1, -0.05) is 17.2 Å². The molecular formula is C17H20N6O3. The molecule has 1 atom stereocenters. The van der Waals surface area contributed by atoms with Gasteiger partial charge in [0.15, 0.2) is 5.65 Å². The molecule has 26 heavy (non-hydrogen) atoms. The molecule has 3 aromatic heterocycles. The molecule has 0 aromatic carbocycles. The van der Waals surface area contributed by atoms with Crippen LogP contribution in [-0.2, 0) is 17.6 Å². The van der Waals surface area contributed by atoms with Crippen molar-refractivity contribution in [3.05, 3.63) is 45.3 Å². The Morgan fingerprint density at radius 2 is 2.23 bits per heavy atom. The number of hydrogen-bond acceptors (Lipinski definition) is 6. The number of aromatic nitrogens is 5. The van der Waals surface area contributed by atoms with Crippen LogP contribution >= 0.6 is 0 Å². The van der Waals surface area contributed by atoms with E-state index in [1.165, 1.54) is 10.6 Å². The Morgan fingerprint density at radius 1 is 1.38 bits per heavy atom. The van der Waals surface area contributed by atoms with Crippen LogP contribution in [0.25, 0.3) is 5.65 Å². The molecule has 9 heteroatoms. The van der Waals surface area contributed by atoms with Gasteiger partial charge in [-0.3, -0.25) is 14.7 Å². The van der Waals surface area contributed by atoms with E-state index in [4.69, 9.17) is 0 Å². The predicted octanol–water partition coefficient (Wildman–Crippen LogP) is 1.18. The van der Waals surface area contributed by atoms with E-state index in [-0.39, 0.29) is 23.9 Å². The minimum absolute atomic E-state index is 0.0282. The fourth-order valence-corrected chi connectivity index (χ4v) is 3.45. The zero-order valence-corrected chi connectivity index (χ0v) is 14.7. The maximum absolute atomic E-state index is 12.7. The average molecular weight is 356 g/mol. The first-order valence-electron chi connectivity index (χ1n) is 8.76. The number of rotatable bonds is 4. The molecule has 0 aliphatic carbocycles. The van der Waals surface area contributed by atoms with E-state index in [9.17, 15) is 9.59 Å². The van der Waals surface area contributed by atoms with E-state index in [0.717, 1.165) is 24.2 Å². The summed E-state index contributed by atoms with van der Waals surface area (Å²) in [5, 5.41) is 10.6. The van der Waals surface area contributed by atoms with Crippen LogP contribution in [0.3, 0.4) is 0 Å². The fourth-order valence-electron chi connectivity index (χ4n) is 3.45. The van der Waals surface area contributed by atoms with Gasteiger partial charge in [-0.15, -0.1) is 0 Å². The lowest BCUT2D eigenvalue weighted by Crippen LogP contribution is -2.32. The van der Waals surface area contributed by atoms with E-state index in [1.807, 2.05) is 17.9 Å². The van der Waals surface area contributed by atoms with Crippen LogP contribution in [0, 0.1) is 6.92 Å². The van der Waals surface area contributed by atoms with Gasteiger partial charge in [-0.25, -0.2) is 14.1 Å². The molecule has 4 heterocycles. The van der Waals surface area contributed by atoms with Crippen LogP contribution in [0.5, 0.6) is 0 Å². The third-order valence-corrected chi connectivity index (χ3v) is 4.88. The summed E-state index contributed by atoms with van der Waals surface area (Å²) in [6, 6.07) is 3.29. The van der Waals surface area contributed by atoms with Crippen LogP contribution in [0.4, 0.5) is 0 Å². The molecule has 0 bridgehead atoms. The molecule has 1 amide bonds. The van der Waals surface area contributed by atoms with Crippen LogP contribution in [0.15, 0.2) is 21.6 Å². The maximum Gasteiger partial charge on any atom is 0.272 e. The molecule has 9 nitrogen and oxygen atoms in total. The number of hydrogen-bond donors (Lipinski definition) is 1. The molecule has 3 aromatic rings. The largest absolute Gasteiger partial charge is 0.334 e. The van der Waals surface area contributed by atoms with Gasteiger partial charge in [-0.2, -0.15) is 0 Å². The van der Waals surface area contributed by atoms with Gasteiger partial charge < -0.3 is 4.90 Å². The first-order chi connectivity index (χ1) is 12.6. The van der Waals surface area contributed by atoms with Crippen molar-refractivity contribution >= 4 is 11.6 Å². The normalized spacial score (nSPS) is 17.3. The smallest absolute Gasteiger partial charge is 0.272 e. The molecule has 4 rings (SSSR count). The second-order valence-electron chi connectivity index (χ2n) is 6.56. The molecule has 1 N–H and O–H groups in total. The molecule has 1 aliphatic heterocycles. The number of likely N-dealkylation sites (tertiary alicyclic amines) is 1. The Kier molecular flexibility index (Phi) is 4.06. The molecular weight excluding hydrogens is 336 g/mol. The Bertz CT molecular complexity index is 1020. The fraction of sp³-hybridized carbons (Fsp3) is 0.471. The van der Waals surface area contributed by atoms with Crippen molar-refractivity contribution in [2.45, 2.75) is 45.6 Å². The zero-order chi connectivity index (χ0) is 18.3. The molecule has 0 unspecified atom stereocenters. The number of carbonyl (C=O) groups excluding carboxylic acids is 1. The maximum atomic E-state index is 12.7. The summed E-state index contributed by atoms with van der Waals surface area (Å²) in [6.45, 7) is 4.40. The first-order valence-corrected chi connectivity index (χ1v) is 8.76. The third kappa shape index (κ3) is 2.79. The number of H-pyrrole nitrogens is 1. The second kappa shape index (κ2) is 6.40. The standard InChI is InChI=1S/C17H20N6O3/c1-3-11-7-17(25)23-15(18-11)8-13(19-23)14-5-4-6-22(14)16(24)9-12-10(2)20-26-21-12/h7-8,14,19H,3-6,9H2,1-2H3/t14-/m0/s1. The number of amides is 1. The van der Waals surface area contributed by atoms with Crippen molar-refractivity contribution in [1.29, 1.82) is 0 Å². The van der Waals surface area contributed by atoms with Crippen molar-refractivity contribution in [2.24, 2.45) is 0 Å². The highest BCUT2D eigenvalue weighted by Crippen LogP contribution is 2.31. The number of nitrogens with zero attached hydrogens (tertiary/aromatic N) is 5. The topological polar surface area (TPSA) is 109 Å². The van der Waals surface area contributed by atoms with Crippen molar-refractivity contribution in [3.8, 4) is 0 Å². The summed E-state index contributed by atoms with van der Waals surface area (Å²) in [4.78, 5) is 31.3. The monoisotopic (exact) mass is 356 g/mol. The summed E-state index contributed by atoms with van der Waals surface area (Å²) >= 11 is 0. The Hall–Kier alpha value is -2.97. The molecule has 1 aliphatic rings. The molecule has 136 valence electrons. The quantitative estimate of drug-likeness (QED) is 0.752.